The predicted octanol–water partition coefficient (Wildman–Crippen LogP) is 2.11. The zero-order chi connectivity index (χ0) is 13.1. The summed E-state index contributed by atoms with van der Waals surface area (Å²) in [4.78, 5) is 10.5. The Morgan fingerprint density at radius 2 is 2.18 bits per heavy atom. The Bertz CT molecular complexity index is 532. The third kappa shape index (κ3) is 3.86. The van der Waals surface area contributed by atoms with Crippen molar-refractivity contribution in [2.75, 3.05) is 6.54 Å². The smallest absolute Gasteiger partial charge is 0.409 e. The van der Waals surface area contributed by atoms with Gasteiger partial charge in [0.2, 0.25) is 0 Å². The summed E-state index contributed by atoms with van der Waals surface area (Å²) in [6.45, 7) is 2.06. The molecule has 1 N–H and O–H groups in total. The number of halogens is 2. The predicted molar refractivity (Wildman–Crippen MR) is 59.4 cm³/mol. The molecule has 0 aliphatic rings. The van der Waals surface area contributed by atoms with Crippen LogP contribution in [0.25, 0.3) is 0 Å². The topological polar surface area (TPSA) is 72.5 Å². The highest BCUT2D eigenvalue weighted by molar-refractivity contribution is 7.86. The average molecular weight is 282 g/mol. The van der Waals surface area contributed by atoms with Crippen LogP contribution in [0.1, 0.15) is 6.92 Å². The second kappa shape index (κ2) is 5.33. The Kier molecular flexibility index (Phi) is 4.30. The van der Waals surface area contributed by atoms with E-state index in [-0.39, 0.29) is 10.8 Å². The SMILES string of the molecule is CCNC(=O)Oc1ccc(S(=O)(=O)F)cc1Cl. The molecule has 0 unspecified atom stereocenters. The van der Waals surface area contributed by atoms with Crippen molar-refractivity contribution in [2.24, 2.45) is 0 Å². The van der Waals surface area contributed by atoms with Crippen molar-refractivity contribution < 1.29 is 21.8 Å². The number of rotatable bonds is 3. The van der Waals surface area contributed by atoms with E-state index in [0.717, 1.165) is 18.2 Å². The van der Waals surface area contributed by atoms with Crippen LogP contribution in [-0.4, -0.2) is 21.1 Å². The number of hydrogen-bond acceptors (Lipinski definition) is 4. The molecule has 17 heavy (non-hydrogen) atoms. The molecule has 0 radical (unpaired) electrons. The molecule has 1 rings (SSSR count). The van der Waals surface area contributed by atoms with Gasteiger partial charge in [0.15, 0.2) is 5.75 Å². The average Bonchev–Trinajstić information content (AvgIpc) is 2.20. The molecule has 0 saturated carbocycles. The third-order valence-electron chi connectivity index (χ3n) is 1.71. The van der Waals surface area contributed by atoms with Crippen LogP contribution in [0.2, 0.25) is 5.02 Å². The van der Waals surface area contributed by atoms with Crippen molar-refractivity contribution in [3.8, 4) is 5.75 Å². The first-order valence-corrected chi connectivity index (χ1v) is 6.30. The van der Waals surface area contributed by atoms with Gasteiger partial charge in [0, 0.05) is 6.54 Å². The minimum Gasteiger partial charge on any atom is -0.409 e. The highest BCUT2D eigenvalue weighted by Gasteiger charge is 2.15. The number of benzene rings is 1. The van der Waals surface area contributed by atoms with Crippen molar-refractivity contribution in [1.29, 1.82) is 0 Å². The van der Waals surface area contributed by atoms with E-state index < -0.39 is 21.2 Å². The summed E-state index contributed by atoms with van der Waals surface area (Å²) in [5.41, 5.74) is 0. The van der Waals surface area contributed by atoms with E-state index >= 15 is 0 Å². The summed E-state index contributed by atoms with van der Waals surface area (Å²) >= 11 is 5.64. The van der Waals surface area contributed by atoms with E-state index in [1.54, 1.807) is 6.92 Å². The van der Waals surface area contributed by atoms with Gasteiger partial charge in [-0.15, -0.1) is 3.89 Å². The number of carbonyl (C=O) groups is 1. The molecule has 1 amide bonds. The maximum atomic E-state index is 12.6. The normalized spacial score (nSPS) is 11.0. The molecular weight excluding hydrogens is 273 g/mol. The molecule has 0 heterocycles. The van der Waals surface area contributed by atoms with Gasteiger partial charge in [0.05, 0.1) is 5.02 Å². The molecular formula is C9H9ClFNO4S. The van der Waals surface area contributed by atoms with E-state index in [4.69, 9.17) is 16.3 Å². The lowest BCUT2D eigenvalue weighted by Crippen LogP contribution is -2.26. The molecule has 94 valence electrons. The lowest BCUT2D eigenvalue weighted by molar-refractivity contribution is 0.201. The number of carbonyl (C=O) groups excluding carboxylic acids is 1. The van der Waals surface area contributed by atoms with Gasteiger partial charge in [-0.2, -0.15) is 8.42 Å². The van der Waals surface area contributed by atoms with Crippen molar-refractivity contribution in [3.63, 3.8) is 0 Å². The van der Waals surface area contributed by atoms with Gasteiger partial charge < -0.3 is 10.1 Å². The van der Waals surface area contributed by atoms with Gasteiger partial charge in [0.25, 0.3) is 0 Å². The first-order valence-electron chi connectivity index (χ1n) is 4.54. The van der Waals surface area contributed by atoms with Crippen molar-refractivity contribution in [3.05, 3.63) is 23.2 Å². The van der Waals surface area contributed by atoms with Gasteiger partial charge >= 0.3 is 16.3 Å². The van der Waals surface area contributed by atoms with Crippen LogP contribution in [0, 0.1) is 0 Å². The third-order valence-corrected chi connectivity index (χ3v) is 2.82. The number of amides is 1. The Morgan fingerprint density at radius 3 is 2.65 bits per heavy atom. The Hall–Kier alpha value is -1.34. The highest BCUT2D eigenvalue weighted by Crippen LogP contribution is 2.28. The van der Waals surface area contributed by atoms with Crippen LogP contribution >= 0.6 is 11.6 Å². The van der Waals surface area contributed by atoms with E-state index in [9.17, 15) is 17.1 Å². The fourth-order valence-electron chi connectivity index (χ4n) is 0.996. The standard InChI is InChI=1S/C9H9ClFNO4S/c1-2-12-9(13)16-8-4-3-6(5-7(8)10)17(11,14)15/h3-5H,2H2,1H3,(H,12,13). The van der Waals surface area contributed by atoms with Crippen LogP contribution in [-0.2, 0) is 10.2 Å². The summed E-state index contributed by atoms with van der Waals surface area (Å²) in [5, 5.41) is 2.18. The summed E-state index contributed by atoms with van der Waals surface area (Å²) in [6.07, 6.45) is -0.731. The largest absolute Gasteiger partial charge is 0.412 e. The minimum atomic E-state index is -4.82. The van der Waals surface area contributed by atoms with E-state index in [1.807, 2.05) is 0 Å². The van der Waals surface area contributed by atoms with Gasteiger partial charge in [-0.1, -0.05) is 11.6 Å². The van der Waals surface area contributed by atoms with Gasteiger partial charge in [0.1, 0.15) is 4.90 Å². The van der Waals surface area contributed by atoms with Gasteiger partial charge in [-0.25, -0.2) is 4.79 Å². The Labute approximate surface area is 103 Å². The van der Waals surface area contributed by atoms with Crippen LogP contribution in [0.3, 0.4) is 0 Å². The van der Waals surface area contributed by atoms with Crippen LogP contribution in [0.4, 0.5) is 8.68 Å². The molecule has 5 nitrogen and oxygen atoms in total. The molecule has 0 saturated heterocycles. The molecule has 0 bridgehead atoms. The van der Waals surface area contributed by atoms with Gasteiger partial charge in [-0.3, -0.25) is 0 Å². The fourth-order valence-corrected chi connectivity index (χ4v) is 1.77. The van der Waals surface area contributed by atoms with Crippen molar-refractivity contribution in [2.45, 2.75) is 11.8 Å². The van der Waals surface area contributed by atoms with Crippen LogP contribution < -0.4 is 10.1 Å². The monoisotopic (exact) mass is 281 g/mol. The molecule has 1 aromatic rings. The molecule has 0 aliphatic carbocycles. The fraction of sp³-hybridized carbons (Fsp3) is 0.222. The highest BCUT2D eigenvalue weighted by atomic mass is 35.5. The summed E-state index contributed by atoms with van der Waals surface area (Å²) in [6, 6.07) is 2.92. The van der Waals surface area contributed by atoms with Crippen molar-refractivity contribution >= 4 is 27.9 Å². The summed E-state index contributed by atoms with van der Waals surface area (Å²) in [5.74, 6) is -0.0509. The maximum absolute atomic E-state index is 12.6. The molecule has 8 heteroatoms. The Morgan fingerprint density at radius 1 is 1.53 bits per heavy atom. The Balaban J connectivity index is 2.95. The lowest BCUT2D eigenvalue weighted by atomic mass is 10.3. The van der Waals surface area contributed by atoms with Gasteiger partial charge in [-0.05, 0) is 25.1 Å². The molecule has 0 aromatic heterocycles. The number of nitrogens with one attached hydrogen (secondary N) is 1. The summed E-state index contributed by atoms with van der Waals surface area (Å²) < 4.78 is 38.5. The van der Waals surface area contributed by atoms with Crippen LogP contribution in [0.15, 0.2) is 23.1 Å². The van der Waals surface area contributed by atoms with Crippen molar-refractivity contribution in [1.82, 2.24) is 5.32 Å². The van der Waals surface area contributed by atoms with E-state index in [0.29, 0.717) is 6.54 Å². The molecule has 0 aliphatic heterocycles. The zero-order valence-electron chi connectivity index (χ0n) is 8.74. The number of hydrogen-bond donors (Lipinski definition) is 1. The first kappa shape index (κ1) is 13.7. The molecule has 0 atom stereocenters. The number of ether oxygens (including phenoxy) is 1. The molecule has 1 aromatic carbocycles. The van der Waals surface area contributed by atoms with Crippen LogP contribution in [0.5, 0.6) is 5.75 Å². The van der Waals surface area contributed by atoms with E-state index in [2.05, 4.69) is 5.32 Å². The molecule has 0 fully saturated rings. The molecule has 0 spiro atoms. The maximum Gasteiger partial charge on any atom is 0.412 e. The second-order valence-electron chi connectivity index (χ2n) is 2.95. The zero-order valence-corrected chi connectivity index (χ0v) is 10.3. The first-order chi connectivity index (χ1) is 7.84. The minimum absolute atomic E-state index is 0.0509. The quantitative estimate of drug-likeness (QED) is 0.861. The second-order valence-corrected chi connectivity index (χ2v) is 4.70. The summed E-state index contributed by atoms with van der Waals surface area (Å²) in [7, 11) is -4.82. The van der Waals surface area contributed by atoms with E-state index in [1.165, 1.54) is 0 Å². The lowest BCUT2D eigenvalue weighted by Gasteiger charge is -2.06.